The van der Waals surface area contributed by atoms with Crippen molar-refractivity contribution in [1.29, 1.82) is 0 Å². The molecule has 3 aromatic rings. The number of fused-ring (bicyclic) bond motifs is 5. The fraction of sp³-hybridized carbons (Fsp3) is 0.348. The van der Waals surface area contributed by atoms with Crippen molar-refractivity contribution < 1.29 is 14.5 Å². The zero-order valence-electron chi connectivity index (χ0n) is 17.7. The van der Waals surface area contributed by atoms with Crippen molar-refractivity contribution in [2.45, 2.75) is 25.3 Å². The number of carbonyl (C=O) groups excluding carboxylic acids is 1. The molecule has 5 heterocycles. The average molecular weight is 447 g/mol. The van der Waals surface area contributed by atoms with Crippen LogP contribution in [-0.4, -0.2) is 50.2 Å². The molecule has 1 fully saturated rings. The van der Waals surface area contributed by atoms with Crippen LogP contribution in [0.15, 0.2) is 41.2 Å². The molecule has 10 nitrogen and oxygen atoms in total. The Kier molecular flexibility index (Phi) is 4.36. The van der Waals surface area contributed by atoms with Crippen LogP contribution in [0.1, 0.15) is 34.1 Å². The first-order valence-electron chi connectivity index (χ1n) is 11.0. The summed E-state index contributed by atoms with van der Waals surface area (Å²) in [5.41, 5.74) is 2.98. The summed E-state index contributed by atoms with van der Waals surface area (Å²) in [6.45, 7) is 2.01. The number of ether oxygens (including phenoxy) is 1. The number of nitrogens with one attached hydrogen (secondary N) is 1. The van der Waals surface area contributed by atoms with Gasteiger partial charge in [-0.1, -0.05) is 0 Å². The van der Waals surface area contributed by atoms with Gasteiger partial charge in [0.15, 0.2) is 0 Å². The molecule has 1 N–H and O–H groups in total. The summed E-state index contributed by atoms with van der Waals surface area (Å²) in [4.78, 5) is 38.1. The van der Waals surface area contributed by atoms with Gasteiger partial charge >= 0.3 is 11.2 Å². The van der Waals surface area contributed by atoms with Crippen molar-refractivity contribution in [2.24, 2.45) is 5.92 Å². The number of aromatic nitrogens is 3. The van der Waals surface area contributed by atoms with E-state index in [2.05, 4.69) is 10.2 Å². The Bertz CT molecular complexity index is 1360. The molecule has 0 aliphatic carbocycles. The smallest absolute Gasteiger partial charge is 0.334 e. The molecular formula is C23H21N5O5. The Balaban J connectivity index is 1.24. The topological polar surface area (TPSA) is 123 Å². The van der Waals surface area contributed by atoms with E-state index in [-0.39, 0.29) is 17.7 Å². The van der Waals surface area contributed by atoms with E-state index in [9.17, 15) is 19.7 Å². The predicted octanol–water partition coefficient (Wildman–Crippen LogP) is 2.34. The third kappa shape index (κ3) is 3.21. The van der Waals surface area contributed by atoms with E-state index in [1.165, 1.54) is 10.6 Å². The van der Waals surface area contributed by atoms with Gasteiger partial charge < -0.3 is 14.2 Å². The SMILES string of the molecule is O=C(c1cc(-c2ccc3c(c2)CCO3)n[nH]1)N1C[C@@H]2C[C@H](C1)c1ccc([N+](=O)[O-])c(=O)n1C2. The molecule has 33 heavy (non-hydrogen) atoms. The number of hydrogen-bond acceptors (Lipinski definition) is 6. The van der Waals surface area contributed by atoms with Gasteiger partial charge in [-0.2, -0.15) is 5.10 Å². The first-order valence-corrected chi connectivity index (χ1v) is 11.0. The molecule has 6 rings (SSSR count). The van der Waals surface area contributed by atoms with Crippen molar-refractivity contribution in [3.63, 3.8) is 0 Å². The summed E-state index contributed by atoms with van der Waals surface area (Å²) in [6.07, 6.45) is 1.72. The summed E-state index contributed by atoms with van der Waals surface area (Å²) in [5, 5.41) is 18.4. The van der Waals surface area contributed by atoms with Crippen LogP contribution in [0.25, 0.3) is 11.3 Å². The summed E-state index contributed by atoms with van der Waals surface area (Å²) in [5.74, 6) is 0.800. The van der Waals surface area contributed by atoms with Crippen LogP contribution in [0.5, 0.6) is 5.75 Å². The van der Waals surface area contributed by atoms with E-state index in [0.29, 0.717) is 37.6 Å². The fourth-order valence-corrected chi connectivity index (χ4v) is 5.33. The van der Waals surface area contributed by atoms with Gasteiger partial charge in [-0.3, -0.25) is 24.8 Å². The van der Waals surface area contributed by atoms with Gasteiger partial charge in [-0.25, -0.2) is 0 Å². The van der Waals surface area contributed by atoms with Gasteiger partial charge in [0.25, 0.3) is 5.91 Å². The lowest BCUT2D eigenvalue weighted by Gasteiger charge is -2.42. The molecule has 168 valence electrons. The van der Waals surface area contributed by atoms with E-state index in [0.717, 1.165) is 35.4 Å². The Hall–Kier alpha value is -3.95. The van der Waals surface area contributed by atoms with E-state index in [1.54, 1.807) is 17.0 Å². The molecule has 0 unspecified atom stereocenters. The second-order valence-electron chi connectivity index (χ2n) is 8.91. The summed E-state index contributed by atoms with van der Waals surface area (Å²) in [7, 11) is 0. The molecule has 2 atom stereocenters. The first-order chi connectivity index (χ1) is 16.0. The van der Waals surface area contributed by atoms with Crippen LogP contribution in [0.2, 0.25) is 0 Å². The molecule has 2 aromatic heterocycles. The number of piperidine rings is 1. The van der Waals surface area contributed by atoms with Gasteiger partial charge in [0.2, 0.25) is 0 Å². The molecule has 3 aliphatic rings. The fourth-order valence-electron chi connectivity index (χ4n) is 5.33. The number of carbonyl (C=O) groups is 1. The molecule has 1 saturated heterocycles. The van der Waals surface area contributed by atoms with Gasteiger partial charge in [-0.15, -0.1) is 0 Å². The summed E-state index contributed by atoms with van der Waals surface area (Å²) in [6, 6.07) is 10.6. The lowest BCUT2D eigenvalue weighted by Crippen LogP contribution is -2.49. The molecule has 2 bridgehead atoms. The molecule has 1 amide bonds. The molecule has 3 aliphatic heterocycles. The normalized spacial score (nSPS) is 20.7. The van der Waals surface area contributed by atoms with E-state index >= 15 is 0 Å². The molecule has 0 saturated carbocycles. The van der Waals surface area contributed by atoms with E-state index in [4.69, 9.17) is 4.74 Å². The summed E-state index contributed by atoms with van der Waals surface area (Å²) < 4.78 is 7.07. The number of nitrogens with zero attached hydrogens (tertiary/aromatic N) is 4. The Labute approximate surface area is 187 Å². The third-order valence-corrected chi connectivity index (χ3v) is 6.86. The maximum atomic E-state index is 13.3. The van der Waals surface area contributed by atoms with Gasteiger partial charge in [0.1, 0.15) is 11.4 Å². The van der Waals surface area contributed by atoms with Crippen LogP contribution in [0.4, 0.5) is 5.69 Å². The summed E-state index contributed by atoms with van der Waals surface area (Å²) >= 11 is 0. The second kappa shape index (κ2) is 7.29. The Morgan fingerprint density at radius 1 is 1.18 bits per heavy atom. The number of hydrogen-bond donors (Lipinski definition) is 1. The highest BCUT2D eigenvalue weighted by molar-refractivity contribution is 5.93. The number of amides is 1. The van der Waals surface area contributed by atoms with Gasteiger partial charge in [-0.05, 0) is 48.2 Å². The van der Waals surface area contributed by atoms with Crippen molar-refractivity contribution in [1.82, 2.24) is 19.7 Å². The van der Waals surface area contributed by atoms with Crippen molar-refractivity contribution in [2.75, 3.05) is 19.7 Å². The monoisotopic (exact) mass is 447 g/mol. The highest BCUT2D eigenvalue weighted by atomic mass is 16.6. The lowest BCUT2D eigenvalue weighted by molar-refractivity contribution is -0.386. The number of likely N-dealkylation sites (tertiary alicyclic amines) is 1. The van der Waals surface area contributed by atoms with Crippen LogP contribution in [0.3, 0.4) is 0 Å². The number of H-pyrrole nitrogens is 1. The quantitative estimate of drug-likeness (QED) is 0.486. The van der Waals surface area contributed by atoms with E-state index in [1.807, 2.05) is 18.2 Å². The second-order valence-corrected chi connectivity index (χ2v) is 8.91. The first kappa shape index (κ1) is 19.7. The van der Waals surface area contributed by atoms with Crippen molar-refractivity contribution in [3.05, 3.63) is 73.8 Å². The minimum atomic E-state index is -0.639. The molecule has 10 heteroatoms. The molecule has 0 spiro atoms. The number of aromatic amines is 1. The molecular weight excluding hydrogens is 426 g/mol. The highest BCUT2D eigenvalue weighted by Gasteiger charge is 2.38. The van der Waals surface area contributed by atoms with Gasteiger partial charge in [0.05, 0.1) is 17.2 Å². The van der Waals surface area contributed by atoms with Crippen molar-refractivity contribution >= 4 is 11.6 Å². The van der Waals surface area contributed by atoms with Crippen LogP contribution in [0, 0.1) is 16.0 Å². The maximum absolute atomic E-state index is 13.3. The zero-order valence-corrected chi connectivity index (χ0v) is 17.7. The highest BCUT2D eigenvalue weighted by Crippen LogP contribution is 2.36. The third-order valence-electron chi connectivity index (χ3n) is 6.86. The Morgan fingerprint density at radius 3 is 2.91 bits per heavy atom. The largest absolute Gasteiger partial charge is 0.493 e. The Morgan fingerprint density at radius 2 is 2.06 bits per heavy atom. The van der Waals surface area contributed by atoms with E-state index < -0.39 is 16.2 Å². The average Bonchev–Trinajstić information content (AvgIpc) is 3.48. The minimum Gasteiger partial charge on any atom is -0.493 e. The van der Waals surface area contributed by atoms with Crippen LogP contribution >= 0.6 is 0 Å². The number of nitro groups is 1. The number of benzene rings is 1. The molecule has 0 radical (unpaired) electrons. The predicted molar refractivity (Wildman–Crippen MR) is 117 cm³/mol. The van der Waals surface area contributed by atoms with Gasteiger partial charge in [0, 0.05) is 49.3 Å². The molecule has 1 aromatic carbocycles. The number of pyridine rings is 1. The lowest BCUT2D eigenvalue weighted by atomic mass is 9.83. The maximum Gasteiger partial charge on any atom is 0.334 e. The standard InChI is InChI=1S/C23H21N5O5/c29-22(18-9-17(24-25-18)14-1-4-21-15(8-14)5-6-33-21)26-10-13-7-16(12-26)19-2-3-20(28(31)32)23(30)27(19)11-13/h1-4,8-9,13,16H,5-7,10-12H2,(H,24,25)/t13-,16+/m0/s1. The van der Waals surface area contributed by atoms with Crippen LogP contribution < -0.4 is 10.3 Å². The minimum absolute atomic E-state index is 0.0333. The van der Waals surface area contributed by atoms with Crippen molar-refractivity contribution in [3.8, 4) is 17.0 Å². The number of rotatable bonds is 3. The van der Waals surface area contributed by atoms with Crippen LogP contribution in [-0.2, 0) is 13.0 Å². The zero-order chi connectivity index (χ0) is 22.7.